The summed E-state index contributed by atoms with van der Waals surface area (Å²) in [5.41, 5.74) is 0. The molecule has 0 aromatic carbocycles. The maximum Gasteiger partial charge on any atom is 0.375 e. The second-order valence-electron chi connectivity index (χ2n) is 2.09. The van der Waals surface area contributed by atoms with Crippen LogP contribution in [0.15, 0.2) is 16.9 Å². The molecule has 0 fully saturated rings. The van der Waals surface area contributed by atoms with Gasteiger partial charge in [0.15, 0.2) is 0 Å². The molecule has 7 heteroatoms. The van der Waals surface area contributed by atoms with E-state index in [0.29, 0.717) is 6.54 Å². The highest BCUT2D eigenvalue weighted by molar-refractivity contribution is 6.55. The van der Waals surface area contributed by atoms with Crippen molar-refractivity contribution in [3.05, 3.63) is 22.7 Å². The number of carboxylic acid groups (broad SMARTS) is 1. The first kappa shape index (κ1) is 10.0. The Labute approximate surface area is 83.6 Å². The largest absolute Gasteiger partial charge is 0.475 e. The summed E-state index contributed by atoms with van der Waals surface area (Å²) >= 11 is 10.7. The van der Waals surface area contributed by atoms with E-state index in [2.05, 4.69) is 10.1 Å². The van der Waals surface area contributed by atoms with Crippen LogP contribution in [-0.4, -0.2) is 25.8 Å². The maximum absolute atomic E-state index is 10.3. The highest BCUT2D eigenvalue weighted by Crippen LogP contribution is 2.05. The third-order valence-electron chi connectivity index (χ3n) is 1.16. The zero-order valence-corrected chi connectivity index (χ0v) is 7.83. The molecule has 0 aliphatic heterocycles. The molecule has 13 heavy (non-hydrogen) atoms. The molecule has 1 aromatic rings. The summed E-state index contributed by atoms with van der Waals surface area (Å²) in [6.45, 7) is 0.294. The summed E-state index contributed by atoms with van der Waals surface area (Å²) in [6.07, 6.45) is 2.76. The summed E-state index contributed by atoms with van der Waals surface area (Å²) in [5, 5.41) is 12.1. The minimum absolute atomic E-state index is 0.104. The molecule has 0 amide bonds. The van der Waals surface area contributed by atoms with Gasteiger partial charge in [-0.05, 0) is 6.08 Å². The fourth-order valence-electron chi connectivity index (χ4n) is 0.643. The topological polar surface area (TPSA) is 68.0 Å². The van der Waals surface area contributed by atoms with Crippen molar-refractivity contribution in [1.82, 2.24) is 14.8 Å². The summed E-state index contributed by atoms with van der Waals surface area (Å²) in [7, 11) is 0. The van der Waals surface area contributed by atoms with Gasteiger partial charge in [-0.1, -0.05) is 23.2 Å². The number of hydrogen-bond donors (Lipinski definition) is 1. The zero-order chi connectivity index (χ0) is 9.84. The van der Waals surface area contributed by atoms with Crippen LogP contribution in [0.1, 0.15) is 10.6 Å². The van der Waals surface area contributed by atoms with Crippen molar-refractivity contribution in [3.8, 4) is 0 Å². The van der Waals surface area contributed by atoms with Crippen LogP contribution in [0.25, 0.3) is 0 Å². The second kappa shape index (κ2) is 4.25. The normalized spacial score (nSPS) is 9.69. The lowest BCUT2D eigenvalue weighted by Crippen LogP contribution is -2.02. The average molecular weight is 222 g/mol. The summed E-state index contributed by atoms with van der Waals surface area (Å²) in [6, 6.07) is 0. The van der Waals surface area contributed by atoms with Crippen molar-refractivity contribution in [2.24, 2.45) is 0 Å². The number of allylic oxidation sites excluding steroid dienone is 1. The van der Waals surface area contributed by atoms with Gasteiger partial charge >= 0.3 is 5.97 Å². The fraction of sp³-hybridized carbons (Fsp3) is 0.167. The third-order valence-corrected chi connectivity index (χ3v) is 1.47. The molecule has 0 aliphatic carbocycles. The Kier molecular flexibility index (Phi) is 3.27. The number of nitrogens with zero attached hydrogens (tertiary/aromatic N) is 3. The number of aromatic nitrogens is 3. The van der Waals surface area contributed by atoms with Gasteiger partial charge in [-0.3, -0.25) is 0 Å². The highest BCUT2D eigenvalue weighted by Gasteiger charge is 2.07. The van der Waals surface area contributed by atoms with Crippen LogP contribution >= 0.6 is 23.2 Å². The Morgan fingerprint density at radius 2 is 2.38 bits per heavy atom. The molecule has 0 radical (unpaired) electrons. The standard InChI is InChI=1S/C6H5Cl2N3O2/c7-4(8)1-2-11-3-9-5(10-11)6(12)13/h1,3H,2H2,(H,12,13). The van der Waals surface area contributed by atoms with Crippen LogP contribution < -0.4 is 0 Å². The molecule has 0 saturated heterocycles. The molecule has 0 saturated carbocycles. The van der Waals surface area contributed by atoms with Gasteiger partial charge in [0, 0.05) is 0 Å². The van der Waals surface area contributed by atoms with E-state index in [4.69, 9.17) is 28.3 Å². The second-order valence-corrected chi connectivity index (χ2v) is 3.10. The van der Waals surface area contributed by atoms with Gasteiger partial charge in [0.05, 0.1) is 6.54 Å². The Morgan fingerprint density at radius 3 is 2.85 bits per heavy atom. The SMILES string of the molecule is O=C(O)c1ncn(CC=C(Cl)Cl)n1. The quantitative estimate of drug-likeness (QED) is 0.836. The number of hydrogen-bond acceptors (Lipinski definition) is 3. The molecule has 0 aliphatic rings. The summed E-state index contributed by atoms with van der Waals surface area (Å²) < 4.78 is 1.42. The smallest absolute Gasteiger partial charge is 0.375 e. The Bertz CT molecular complexity index is 343. The highest BCUT2D eigenvalue weighted by atomic mass is 35.5. The van der Waals surface area contributed by atoms with Crippen molar-refractivity contribution >= 4 is 29.2 Å². The van der Waals surface area contributed by atoms with E-state index in [1.54, 1.807) is 0 Å². The van der Waals surface area contributed by atoms with Crippen molar-refractivity contribution < 1.29 is 9.90 Å². The van der Waals surface area contributed by atoms with E-state index < -0.39 is 5.97 Å². The molecule has 0 spiro atoms. The van der Waals surface area contributed by atoms with Gasteiger partial charge in [-0.25, -0.2) is 14.5 Å². The van der Waals surface area contributed by atoms with Crippen molar-refractivity contribution in [2.75, 3.05) is 0 Å². The number of carbonyl (C=O) groups is 1. The number of aromatic carboxylic acids is 1. The van der Waals surface area contributed by atoms with Crippen LogP contribution in [0.5, 0.6) is 0 Å². The molecule has 70 valence electrons. The summed E-state index contributed by atoms with van der Waals surface area (Å²) in [4.78, 5) is 13.9. The van der Waals surface area contributed by atoms with Crippen molar-refractivity contribution in [1.29, 1.82) is 0 Å². The van der Waals surface area contributed by atoms with Crippen LogP contribution in [0.2, 0.25) is 0 Å². The van der Waals surface area contributed by atoms with Gasteiger partial charge in [0.2, 0.25) is 0 Å². The lowest BCUT2D eigenvalue weighted by Gasteiger charge is -1.91. The molecule has 1 rings (SSSR count). The lowest BCUT2D eigenvalue weighted by molar-refractivity contribution is 0.0683. The molecular formula is C6H5Cl2N3O2. The molecule has 1 heterocycles. The molecular weight excluding hydrogens is 217 g/mol. The van der Waals surface area contributed by atoms with E-state index in [1.165, 1.54) is 17.1 Å². The molecule has 1 N–H and O–H groups in total. The van der Waals surface area contributed by atoms with Crippen LogP contribution in [0, 0.1) is 0 Å². The number of carboxylic acids is 1. The Hall–Kier alpha value is -1.07. The number of halogens is 2. The minimum Gasteiger partial charge on any atom is -0.475 e. The average Bonchev–Trinajstić information content (AvgIpc) is 2.48. The van der Waals surface area contributed by atoms with E-state index >= 15 is 0 Å². The molecule has 1 aromatic heterocycles. The van der Waals surface area contributed by atoms with Crippen LogP contribution in [-0.2, 0) is 6.54 Å². The van der Waals surface area contributed by atoms with Gasteiger partial charge in [0.1, 0.15) is 10.8 Å². The van der Waals surface area contributed by atoms with Gasteiger partial charge < -0.3 is 5.11 Å². The monoisotopic (exact) mass is 221 g/mol. The van der Waals surface area contributed by atoms with Crippen molar-refractivity contribution in [2.45, 2.75) is 6.54 Å². The van der Waals surface area contributed by atoms with Crippen LogP contribution in [0.4, 0.5) is 0 Å². The van der Waals surface area contributed by atoms with Gasteiger partial charge in [-0.15, -0.1) is 5.10 Å². The predicted molar refractivity (Wildman–Crippen MR) is 46.8 cm³/mol. The number of rotatable bonds is 3. The molecule has 0 bridgehead atoms. The molecule has 0 atom stereocenters. The Balaban J connectivity index is 2.70. The first-order chi connectivity index (χ1) is 6.09. The van der Waals surface area contributed by atoms with Gasteiger partial charge in [-0.2, -0.15) is 0 Å². The van der Waals surface area contributed by atoms with Crippen LogP contribution in [0.3, 0.4) is 0 Å². The molecule has 5 nitrogen and oxygen atoms in total. The van der Waals surface area contributed by atoms with E-state index in [-0.39, 0.29) is 10.3 Å². The maximum atomic E-state index is 10.3. The first-order valence-corrected chi connectivity index (χ1v) is 3.99. The van der Waals surface area contributed by atoms with Gasteiger partial charge in [0.25, 0.3) is 5.82 Å². The third kappa shape index (κ3) is 3.04. The van der Waals surface area contributed by atoms with Crippen molar-refractivity contribution in [3.63, 3.8) is 0 Å². The zero-order valence-electron chi connectivity index (χ0n) is 6.31. The predicted octanol–water partition coefficient (Wildman–Crippen LogP) is 1.30. The minimum atomic E-state index is -1.17. The van der Waals surface area contributed by atoms with E-state index in [9.17, 15) is 4.79 Å². The van der Waals surface area contributed by atoms with E-state index in [0.717, 1.165) is 0 Å². The van der Waals surface area contributed by atoms with E-state index in [1.807, 2.05) is 0 Å². The summed E-state index contributed by atoms with van der Waals surface area (Å²) in [5.74, 6) is -1.42. The first-order valence-electron chi connectivity index (χ1n) is 3.23. The fourth-order valence-corrected chi connectivity index (χ4v) is 0.781. The molecule has 0 unspecified atom stereocenters. The Morgan fingerprint density at radius 1 is 1.69 bits per heavy atom. The lowest BCUT2D eigenvalue weighted by atomic mass is 10.6.